The van der Waals surface area contributed by atoms with Gasteiger partial charge >= 0.3 is 6.18 Å². The molecule has 0 saturated carbocycles. The standard InChI is InChI=1S/C22H21F3N4O2/c1-2-15-13-29(10-9-26-15)21(30)19-6-3-14-11-16(4-7-18(14)28-19)31-17-5-8-20(27-12-17)22(23,24)25/h3-8,11-12,15,26H,2,9-10,13H2,1H3/t15-/m1/s1. The molecular formula is C22H21F3N4O2. The predicted octanol–water partition coefficient (Wildman–Crippen LogP) is 4.26. The van der Waals surface area contributed by atoms with Gasteiger partial charge < -0.3 is 15.0 Å². The van der Waals surface area contributed by atoms with Crippen molar-refractivity contribution < 1.29 is 22.7 Å². The summed E-state index contributed by atoms with van der Waals surface area (Å²) in [7, 11) is 0. The van der Waals surface area contributed by atoms with Crippen LogP contribution in [0.25, 0.3) is 10.9 Å². The van der Waals surface area contributed by atoms with Gasteiger partial charge in [0.25, 0.3) is 5.91 Å². The molecule has 3 heterocycles. The van der Waals surface area contributed by atoms with E-state index in [0.29, 0.717) is 30.0 Å². The van der Waals surface area contributed by atoms with Crippen LogP contribution in [0.1, 0.15) is 29.5 Å². The summed E-state index contributed by atoms with van der Waals surface area (Å²) in [5, 5.41) is 4.13. The third-order valence-electron chi connectivity index (χ3n) is 5.18. The molecule has 1 N–H and O–H groups in total. The fraction of sp³-hybridized carbons (Fsp3) is 0.318. The molecule has 1 atom stereocenters. The van der Waals surface area contributed by atoms with Gasteiger partial charge in [0.2, 0.25) is 0 Å². The number of piperazine rings is 1. The first-order chi connectivity index (χ1) is 14.8. The highest BCUT2D eigenvalue weighted by atomic mass is 19.4. The number of alkyl halides is 3. The van der Waals surface area contributed by atoms with E-state index in [0.717, 1.165) is 30.6 Å². The smallest absolute Gasteiger partial charge is 0.433 e. The molecule has 1 aromatic carbocycles. The van der Waals surface area contributed by atoms with Crippen LogP contribution in [0.15, 0.2) is 48.7 Å². The highest BCUT2D eigenvalue weighted by Crippen LogP contribution is 2.30. The molecule has 3 aromatic rings. The minimum Gasteiger partial charge on any atom is -0.456 e. The second-order valence-electron chi connectivity index (χ2n) is 7.34. The van der Waals surface area contributed by atoms with E-state index in [1.807, 2.05) is 4.90 Å². The molecule has 0 radical (unpaired) electrons. The molecule has 0 bridgehead atoms. The summed E-state index contributed by atoms with van der Waals surface area (Å²) >= 11 is 0. The Labute approximate surface area is 177 Å². The Hall–Kier alpha value is -3.20. The molecular weight excluding hydrogens is 409 g/mol. The zero-order valence-corrected chi connectivity index (χ0v) is 16.8. The van der Waals surface area contributed by atoms with Crippen LogP contribution in [0.4, 0.5) is 13.2 Å². The Balaban J connectivity index is 1.50. The molecule has 1 saturated heterocycles. The zero-order chi connectivity index (χ0) is 22.0. The number of pyridine rings is 2. The summed E-state index contributed by atoms with van der Waals surface area (Å²) in [6.07, 6.45) is -2.51. The normalized spacial score (nSPS) is 17.0. The lowest BCUT2D eigenvalue weighted by molar-refractivity contribution is -0.141. The Kier molecular flexibility index (Phi) is 5.77. The van der Waals surface area contributed by atoms with Crippen LogP contribution in [-0.2, 0) is 6.18 Å². The highest BCUT2D eigenvalue weighted by molar-refractivity contribution is 5.95. The Morgan fingerprint density at radius 3 is 2.71 bits per heavy atom. The molecule has 162 valence electrons. The molecule has 2 aromatic heterocycles. The fourth-order valence-corrected chi connectivity index (χ4v) is 3.48. The second-order valence-corrected chi connectivity index (χ2v) is 7.34. The van der Waals surface area contributed by atoms with Gasteiger partial charge in [-0.05, 0) is 42.8 Å². The van der Waals surface area contributed by atoms with E-state index in [4.69, 9.17) is 4.74 Å². The number of fused-ring (bicyclic) bond motifs is 1. The number of ether oxygens (including phenoxy) is 1. The number of nitrogens with zero attached hydrogens (tertiary/aromatic N) is 3. The van der Waals surface area contributed by atoms with Gasteiger partial charge in [0.1, 0.15) is 22.9 Å². The predicted molar refractivity (Wildman–Crippen MR) is 109 cm³/mol. The number of benzene rings is 1. The summed E-state index contributed by atoms with van der Waals surface area (Å²) in [6.45, 7) is 4.14. The number of nitrogens with one attached hydrogen (secondary N) is 1. The largest absolute Gasteiger partial charge is 0.456 e. The van der Waals surface area contributed by atoms with Crippen molar-refractivity contribution in [3.8, 4) is 11.5 Å². The van der Waals surface area contributed by atoms with Gasteiger partial charge in [-0.15, -0.1) is 0 Å². The van der Waals surface area contributed by atoms with Gasteiger partial charge in [0.15, 0.2) is 0 Å². The van der Waals surface area contributed by atoms with Gasteiger partial charge in [-0.1, -0.05) is 13.0 Å². The van der Waals surface area contributed by atoms with E-state index in [-0.39, 0.29) is 17.7 Å². The Morgan fingerprint density at radius 1 is 1.19 bits per heavy atom. The number of carbonyl (C=O) groups excluding carboxylic acids is 1. The molecule has 0 aliphatic carbocycles. The summed E-state index contributed by atoms with van der Waals surface area (Å²) in [6, 6.07) is 10.9. The van der Waals surface area contributed by atoms with Crippen LogP contribution in [0, 0.1) is 0 Å². The summed E-state index contributed by atoms with van der Waals surface area (Å²) in [5.41, 5.74) is 0.0327. The quantitative estimate of drug-likeness (QED) is 0.670. The maximum absolute atomic E-state index is 12.8. The second kappa shape index (κ2) is 8.50. The number of aromatic nitrogens is 2. The maximum atomic E-state index is 12.8. The monoisotopic (exact) mass is 430 g/mol. The van der Waals surface area contributed by atoms with E-state index in [9.17, 15) is 18.0 Å². The zero-order valence-electron chi connectivity index (χ0n) is 16.8. The molecule has 0 spiro atoms. The topological polar surface area (TPSA) is 67.4 Å². The first-order valence-corrected chi connectivity index (χ1v) is 9.98. The number of hydrogen-bond donors (Lipinski definition) is 1. The van der Waals surface area contributed by atoms with Gasteiger partial charge in [0.05, 0.1) is 11.7 Å². The lowest BCUT2D eigenvalue weighted by Gasteiger charge is -2.33. The number of amides is 1. The average molecular weight is 430 g/mol. The van der Waals surface area contributed by atoms with E-state index in [1.165, 1.54) is 6.07 Å². The fourth-order valence-electron chi connectivity index (χ4n) is 3.48. The average Bonchev–Trinajstić information content (AvgIpc) is 2.78. The molecule has 9 heteroatoms. The molecule has 1 amide bonds. The Morgan fingerprint density at radius 2 is 2.00 bits per heavy atom. The lowest BCUT2D eigenvalue weighted by atomic mass is 10.1. The van der Waals surface area contributed by atoms with Crippen molar-refractivity contribution in [3.63, 3.8) is 0 Å². The highest BCUT2D eigenvalue weighted by Gasteiger charge is 2.32. The van der Waals surface area contributed by atoms with Crippen molar-refractivity contribution >= 4 is 16.8 Å². The van der Waals surface area contributed by atoms with E-state index < -0.39 is 11.9 Å². The van der Waals surface area contributed by atoms with E-state index in [1.54, 1.807) is 30.3 Å². The molecule has 31 heavy (non-hydrogen) atoms. The van der Waals surface area contributed by atoms with Crippen LogP contribution >= 0.6 is 0 Å². The van der Waals surface area contributed by atoms with Crippen LogP contribution in [0.3, 0.4) is 0 Å². The SMILES string of the molecule is CC[C@@H]1CN(C(=O)c2ccc3cc(Oc4ccc(C(F)(F)F)nc4)ccc3n2)CCN1. The van der Waals surface area contributed by atoms with Crippen molar-refractivity contribution in [1.29, 1.82) is 0 Å². The van der Waals surface area contributed by atoms with Crippen LogP contribution in [0.5, 0.6) is 11.5 Å². The van der Waals surface area contributed by atoms with Crippen LogP contribution in [-0.4, -0.2) is 46.5 Å². The molecule has 0 unspecified atom stereocenters. The van der Waals surface area contributed by atoms with Crippen LogP contribution < -0.4 is 10.1 Å². The summed E-state index contributed by atoms with van der Waals surface area (Å²) in [5.74, 6) is 0.525. The number of rotatable bonds is 4. The van der Waals surface area contributed by atoms with E-state index in [2.05, 4.69) is 22.2 Å². The molecule has 1 aliphatic heterocycles. The van der Waals surface area contributed by atoms with Crippen molar-refractivity contribution in [1.82, 2.24) is 20.2 Å². The summed E-state index contributed by atoms with van der Waals surface area (Å²) < 4.78 is 43.5. The van der Waals surface area contributed by atoms with Gasteiger partial charge in [-0.25, -0.2) is 9.97 Å². The van der Waals surface area contributed by atoms with Crippen molar-refractivity contribution in [2.24, 2.45) is 0 Å². The first-order valence-electron chi connectivity index (χ1n) is 9.98. The first kappa shape index (κ1) is 21.0. The molecule has 4 rings (SSSR count). The van der Waals surface area contributed by atoms with Crippen LogP contribution in [0.2, 0.25) is 0 Å². The third-order valence-corrected chi connectivity index (χ3v) is 5.18. The number of hydrogen-bond acceptors (Lipinski definition) is 5. The van der Waals surface area contributed by atoms with Crippen molar-refractivity contribution in [2.75, 3.05) is 19.6 Å². The minimum absolute atomic E-state index is 0.0991. The molecule has 1 aliphatic rings. The van der Waals surface area contributed by atoms with Gasteiger partial charge in [-0.3, -0.25) is 4.79 Å². The van der Waals surface area contributed by atoms with Gasteiger partial charge in [0, 0.05) is 31.1 Å². The molecule has 6 nitrogen and oxygen atoms in total. The maximum Gasteiger partial charge on any atom is 0.433 e. The number of carbonyl (C=O) groups is 1. The van der Waals surface area contributed by atoms with Gasteiger partial charge in [-0.2, -0.15) is 13.2 Å². The minimum atomic E-state index is -4.50. The van der Waals surface area contributed by atoms with E-state index >= 15 is 0 Å². The third kappa shape index (κ3) is 4.77. The Bertz CT molecular complexity index is 1090. The van der Waals surface area contributed by atoms with Crippen molar-refractivity contribution in [3.05, 3.63) is 60.0 Å². The lowest BCUT2D eigenvalue weighted by Crippen LogP contribution is -2.52. The molecule has 1 fully saturated rings. The summed E-state index contributed by atoms with van der Waals surface area (Å²) in [4.78, 5) is 22.5. The number of halogens is 3. The van der Waals surface area contributed by atoms with Crippen molar-refractivity contribution in [2.45, 2.75) is 25.6 Å².